The normalized spacial score (nSPS) is 16.8. The Bertz CT molecular complexity index is 1440. The third-order valence-corrected chi connectivity index (χ3v) is 8.68. The van der Waals surface area contributed by atoms with Crippen molar-refractivity contribution in [2.24, 2.45) is 0 Å². The van der Waals surface area contributed by atoms with E-state index in [2.05, 4.69) is 14.7 Å². The number of fused-ring (bicyclic) bond motifs is 1. The maximum atomic E-state index is 12.7. The first-order valence-corrected chi connectivity index (χ1v) is 13.9. The van der Waals surface area contributed by atoms with Crippen LogP contribution >= 0.6 is 10.6 Å². The van der Waals surface area contributed by atoms with Gasteiger partial charge in [0.15, 0.2) is 0 Å². The van der Waals surface area contributed by atoms with Gasteiger partial charge in [0.1, 0.15) is 5.82 Å². The van der Waals surface area contributed by atoms with E-state index in [1.54, 1.807) is 36.7 Å². The van der Waals surface area contributed by atoms with Crippen molar-refractivity contribution in [2.75, 3.05) is 34.2 Å². The van der Waals surface area contributed by atoms with E-state index in [1.807, 2.05) is 23.1 Å². The number of benzene rings is 2. The van der Waals surface area contributed by atoms with Crippen molar-refractivity contribution in [2.45, 2.75) is 4.90 Å². The average molecular weight is 498 g/mol. The number of hydrogen-bond donors (Lipinski definition) is 3. The van der Waals surface area contributed by atoms with Crippen molar-refractivity contribution in [3.05, 3.63) is 73.2 Å². The summed E-state index contributed by atoms with van der Waals surface area (Å²) in [4.78, 5) is 15.6. The van der Waals surface area contributed by atoms with Crippen LogP contribution in [0.4, 0.5) is 11.5 Å². The summed E-state index contributed by atoms with van der Waals surface area (Å²) in [5.74, 6) is 1.33. The monoisotopic (exact) mass is 497 g/mol. The SMILES string of the molecule is O=S(=O)(Nc1cncc(-c2ccc3ncc(N4CCS(O)(O)CC4)nc3c2)c1)c1ccccc1. The molecule has 4 aromatic rings. The Hall–Kier alpha value is -3.25. The Balaban J connectivity index is 1.42. The molecule has 9 nitrogen and oxygen atoms in total. The minimum absolute atomic E-state index is 0.174. The molecule has 1 saturated heterocycles. The number of nitrogens with one attached hydrogen (secondary N) is 1. The van der Waals surface area contributed by atoms with Gasteiger partial charge in [-0.15, -0.1) is 0 Å². The van der Waals surface area contributed by atoms with E-state index in [1.165, 1.54) is 18.3 Å². The number of hydrogen-bond acceptors (Lipinski definition) is 8. The molecule has 0 spiro atoms. The van der Waals surface area contributed by atoms with Gasteiger partial charge in [-0.05, 0) is 35.9 Å². The quantitative estimate of drug-likeness (QED) is 0.376. The van der Waals surface area contributed by atoms with Crippen LogP contribution in [0.15, 0.2) is 78.1 Å². The van der Waals surface area contributed by atoms with Gasteiger partial charge in [-0.1, -0.05) is 24.3 Å². The second kappa shape index (κ2) is 8.84. The second-order valence-electron chi connectivity index (χ2n) is 8.01. The number of pyridine rings is 1. The van der Waals surface area contributed by atoms with Crippen molar-refractivity contribution in [1.82, 2.24) is 15.0 Å². The fourth-order valence-corrected chi connectivity index (χ4v) is 6.04. The Labute approximate surface area is 198 Å². The highest BCUT2D eigenvalue weighted by molar-refractivity contribution is 8.24. The lowest BCUT2D eigenvalue weighted by Crippen LogP contribution is -2.38. The standard InChI is InChI=1S/C23H23N5O4S2/c29-33(30)10-8-28(9-11-33)23-16-25-21-7-6-17(13-22(21)26-23)18-12-19(15-24-14-18)27-34(31,32)20-4-2-1-3-5-20/h1-7,12-16,27,29-30H,8-11H2. The van der Waals surface area contributed by atoms with Gasteiger partial charge < -0.3 is 4.90 Å². The van der Waals surface area contributed by atoms with Gasteiger partial charge in [0, 0.05) is 24.8 Å². The highest BCUT2D eigenvalue weighted by atomic mass is 32.3. The number of aromatic nitrogens is 3. The van der Waals surface area contributed by atoms with Crippen molar-refractivity contribution in [3.63, 3.8) is 0 Å². The largest absolute Gasteiger partial charge is 0.352 e. The molecule has 3 heterocycles. The maximum Gasteiger partial charge on any atom is 0.261 e. The third kappa shape index (κ3) is 4.82. The van der Waals surface area contributed by atoms with E-state index in [9.17, 15) is 17.5 Å². The van der Waals surface area contributed by atoms with Gasteiger partial charge in [0.2, 0.25) is 0 Å². The predicted molar refractivity (Wildman–Crippen MR) is 135 cm³/mol. The molecule has 2 aromatic carbocycles. The highest BCUT2D eigenvalue weighted by Crippen LogP contribution is 2.41. The Morgan fingerprint density at radius 1 is 0.882 bits per heavy atom. The van der Waals surface area contributed by atoms with E-state index in [0.717, 1.165) is 16.6 Å². The van der Waals surface area contributed by atoms with Crippen LogP contribution in [0.1, 0.15) is 0 Å². The molecule has 0 bridgehead atoms. The zero-order valence-electron chi connectivity index (χ0n) is 18.1. The van der Waals surface area contributed by atoms with Crippen LogP contribution in [0.5, 0.6) is 0 Å². The van der Waals surface area contributed by atoms with Gasteiger partial charge >= 0.3 is 0 Å². The van der Waals surface area contributed by atoms with Crippen LogP contribution in [0, 0.1) is 0 Å². The summed E-state index contributed by atoms with van der Waals surface area (Å²) in [6, 6.07) is 15.5. The fourth-order valence-electron chi connectivity index (χ4n) is 3.76. The predicted octanol–water partition coefficient (Wildman–Crippen LogP) is 4.06. The number of sulfonamides is 1. The molecule has 11 heteroatoms. The lowest BCUT2D eigenvalue weighted by molar-refractivity contribution is 0.479. The van der Waals surface area contributed by atoms with E-state index >= 15 is 0 Å². The fraction of sp³-hybridized carbons (Fsp3) is 0.174. The Morgan fingerprint density at radius 2 is 1.65 bits per heavy atom. The molecule has 1 aliphatic heterocycles. The van der Waals surface area contributed by atoms with Gasteiger partial charge in [-0.3, -0.25) is 23.8 Å². The van der Waals surface area contributed by atoms with Crippen LogP contribution < -0.4 is 9.62 Å². The molecule has 0 radical (unpaired) electrons. The van der Waals surface area contributed by atoms with Crippen LogP contribution in [0.3, 0.4) is 0 Å². The smallest absolute Gasteiger partial charge is 0.261 e. The lowest BCUT2D eigenvalue weighted by atomic mass is 10.1. The first-order valence-electron chi connectivity index (χ1n) is 10.6. The molecule has 1 aliphatic rings. The van der Waals surface area contributed by atoms with E-state index in [0.29, 0.717) is 41.6 Å². The molecule has 0 atom stereocenters. The van der Waals surface area contributed by atoms with Crippen LogP contribution in [0.25, 0.3) is 22.2 Å². The minimum Gasteiger partial charge on any atom is -0.352 e. The third-order valence-electron chi connectivity index (χ3n) is 5.61. The van der Waals surface area contributed by atoms with Gasteiger partial charge in [0.05, 0.1) is 45.5 Å². The number of rotatable bonds is 5. The molecule has 34 heavy (non-hydrogen) atoms. The molecule has 0 saturated carbocycles. The summed E-state index contributed by atoms with van der Waals surface area (Å²) in [7, 11) is -6.21. The van der Waals surface area contributed by atoms with Gasteiger partial charge in [-0.2, -0.15) is 10.6 Å². The molecule has 0 amide bonds. The second-order valence-corrected chi connectivity index (χ2v) is 12.1. The first kappa shape index (κ1) is 22.5. The van der Waals surface area contributed by atoms with Crippen molar-refractivity contribution >= 4 is 43.2 Å². The van der Waals surface area contributed by atoms with Crippen LogP contribution in [0.2, 0.25) is 0 Å². The summed E-state index contributed by atoms with van der Waals surface area (Å²) in [6.07, 6.45) is 4.82. The molecule has 1 fully saturated rings. The van der Waals surface area contributed by atoms with E-state index in [4.69, 9.17) is 4.98 Å². The van der Waals surface area contributed by atoms with Crippen molar-refractivity contribution < 1.29 is 17.5 Å². The lowest BCUT2D eigenvalue weighted by Gasteiger charge is -2.41. The molecule has 3 N–H and O–H groups in total. The highest BCUT2D eigenvalue weighted by Gasteiger charge is 2.23. The van der Waals surface area contributed by atoms with Crippen LogP contribution in [-0.4, -0.2) is 57.1 Å². The zero-order valence-corrected chi connectivity index (χ0v) is 19.7. The molecule has 0 aliphatic carbocycles. The summed E-state index contributed by atoms with van der Waals surface area (Å²) in [6.45, 7) is 1.02. The molecule has 0 unspecified atom stereocenters. The maximum absolute atomic E-state index is 12.7. The average Bonchev–Trinajstić information content (AvgIpc) is 2.84. The minimum atomic E-state index is -3.73. The zero-order chi connectivity index (χ0) is 23.8. The Kier molecular flexibility index (Phi) is 5.86. The first-order chi connectivity index (χ1) is 16.3. The van der Waals surface area contributed by atoms with E-state index < -0.39 is 20.6 Å². The van der Waals surface area contributed by atoms with Crippen molar-refractivity contribution in [1.29, 1.82) is 0 Å². The summed E-state index contributed by atoms with van der Waals surface area (Å²) < 4.78 is 47.6. The topological polar surface area (TPSA) is 129 Å². The molecule has 2 aromatic heterocycles. The number of nitrogens with zero attached hydrogens (tertiary/aromatic N) is 4. The molecular formula is C23H23N5O4S2. The molecule has 5 rings (SSSR count). The van der Waals surface area contributed by atoms with E-state index in [-0.39, 0.29) is 4.90 Å². The molecular weight excluding hydrogens is 474 g/mol. The number of anilines is 2. The summed E-state index contributed by atoms with van der Waals surface area (Å²) >= 11 is 0. The van der Waals surface area contributed by atoms with Gasteiger partial charge in [0.25, 0.3) is 10.0 Å². The molecule has 176 valence electrons. The van der Waals surface area contributed by atoms with Crippen LogP contribution in [-0.2, 0) is 10.0 Å². The van der Waals surface area contributed by atoms with Crippen molar-refractivity contribution in [3.8, 4) is 11.1 Å². The van der Waals surface area contributed by atoms with Gasteiger partial charge in [-0.25, -0.2) is 13.4 Å². The summed E-state index contributed by atoms with van der Waals surface area (Å²) in [5.41, 5.74) is 3.31. The Morgan fingerprint density at radius 3 is 2.41 bits per heavy atom. The summed E-state index contributed by atoms with van der Waals surface area (Å²) in [5, 5.41) is 0.